The van der Waals surface area contributed by atoms with E-state index in [0.29, 0.717) is 13.0 Å². The van der Waals surface area contributed by atoms with Gasteiger partial charge >= 0.3 is 0 Å². The van der Waals surface area contributed by atoms with Crippen LogP contribution in [0.3, 0.4) is 0 Å². The molecule has 18 heavy (non-hydrogen) atoms. The number of hydrogen-bond donors (Lipinski definition) is 1. The first kappa shape index (κ1) is 13.2. The Kier molecular flexibility index (Phi) is 4.14. The molecule has 0 saturated carbocycles. The smallest absolute Gasteiger partial charge is 0.134 e. The maximum Gasteiger partial charge on any atom is 0.134 e. The zero-order valence-electron chi connectivity index (χ0n) is 10.3. The fourth-order valence-corrected chi connectivity index (χ4v) is 2.26. The van der Waals surface area contributed by atoms with Crippen molar-refractivity contribution >= 4 is 0 Å². The van der Waals surface area contributed by atoms with Crippen LogP contribution in [0.5, 0.6) is 5.75 Å². The van der Waals surface area contributed by atoms with E-state index in [9.17, 15) is 8.78 Å². The lowest BCUT2D eigenvalue weighted by Gasteiger charge is -2.18. The van der Waals surface area contributed by atoms with Crippen molar-refractivity contribution in [3.63, 3.8) is 0 Å². The van der Waals surface area contributed by atoms with Crippen molar-refractivity contribution in [2.24, 2.45) is 5.73 Å². The molecule has 1 aliphatic heterocycles. The molecule has 1 fully saturated rings. The Bertz CT molecular complexity index is 396. The molecule has 1 heterocycles. The second-order valence-corrected chi connectivity index (χ2v) is 4.48. The van der Waals surface area contributed by atoms with Crippen molar-refractivity contribution in [3.05, 3.63) is 29.3 Å². The molecule has 1 aliphatic rings. The predicted octanol–water partition coefficient (Wildman–Crippen LogP) is 2.54. The Morgan fingerprint density at radius 2 is 2.11 bits per heavy atom. The van der Waals surface area contributed by atoms with Gasteiger partial charge in [0.15, 0.2) is 0 Å². The van der Waals surface area contributed by atoms with E-state index in [4.69, 9.17) is 15.2 Å². The minimum absolute atomic E-state index is 0.000835. The van der Waals surface area contributed by atoms with Crippen LogP contribution in [-0.2, 0) is 4.74 Å². The average molecular weight is 257 g/mol. The summed E-state index contributed by atoms with van der Waals surface area (Å²) in [6.07, 6.45) is 2.30. The molecule has 0 amide bonds. The van der Waals surface area contributed by atoms with Crippen LogP contribution in [0.15, 0.2) is 12.1 Å². The number of ether oxygens (including phenoxy) is 2. The minimum Gasteiger partial charge on any atom is -0.497 e. The van der Waals surface area contributed by atoms with Crippen molar-refractivity contribution < 1.29 is 18.3 Å². The van der Waals surface area contributed by atoms with Crippen LogP contribution >= 0.6 is 0 Å². The van der Waals surface area contributed by atoms with Gasteiger partial charge < -0.3 is 15.2 Å². The van der Waals surface area contributed by atoms with Crippen molar-refractivity contribution in [3.8, 4) is 5.75 Å². The number of benzene rings is 1. The van der Waals surface area contributed by atoms with Crippen molar-refractivity contribution in [1.29, 1.82) is 0 Å². The van der Waals surface area contributed by atoms with E-state index in [-0.39, 0.29) is 17.4 Å². The van der Waals surface area contributed by atoms with Gasteiger partial charge in [-0.2, -0.15) is 0 Å². The Morgan fingerprint density at radius 1 is 1.44 bits per heavy atom. The topological polar surface area (TPSA) is 44.5 Å². The molecule has 3 nitrogen and oxygen atoms in total. The van der Waals surface area contributed by atoms with Gasteiger partial charge in [0.05, 0.1) is 13.2 Å². The molecule has 2 rings (SSSR count). The second kappa shape index (κ2) is 5.63. The van der Waals surface area contributed by atoms with Crippen LogP contribution < -0.4 is 10.5 Å². The van der Waals surface area contributed by atoms with Crippen LogP contribution in [0, 0.1) is 11.6 Å². The lowest BCUT2D eigenvalue weighted by molar-refractivity contribution is 0.0977. The number of hydrogen-bond acceptors (Lipinski definition) is 3. The zero-order valence-corrected chi connectivity index (χ0v) is 10.3. The van der Waals surface area contributed by atoms with Gasteiger partial charge in [0.25, 0.3) is 0 Å². The van der Waals surface area contributed by atoms with E-state index < -0.39 is 17.7 Å². The van der Waals surface area contributed by atoms with Gasteiger partial charge in [-0.1, -0.05) is 0 Å². The summed E-state index contributed by atoms with van der Waals surface area (Å²) in [5, 5.41) is 0. The van der Waals surface area contributed by atoms with E-state index in [0.717, 1.165) is 25.0 Å². The number of rotatable bonds is 4. The van der Waals surface area contributed by atoms with Crippen LogP contribution in [0.2, 0.25) is 0 Å². The average Bonchev–Trinajstić information content (AvgIpc) is 2.80. The van der Waals surface area contributed by atoms with Crippen LogP contribution in [-0.4, -0.2) is 19.8 Å². The Balaban J connectivity index is 2.15. The number of nitrogens with two attached hydrogens (primary N) is 1. The van der Waals surface area contributed by atoms with Crippen molar-refractivity contribution in [2.45, 2.75) is 31.4 Å². The molecule has 0 bridgehead atoms. The summed E-state index contributed by atoms with van der Waals surface area (Å²) < 4.78 is 37.8. The lowest BCUT2D eigenvalue weighted by atomic mass is 9.99. The molecule has 2 atom stereocenters. The predicted molar refractivity (Wildman–Crippen MR) is 63.4 cm³/mol. The van der Waals surface area contributed by atoms with E-state index in [2.05, 4.69) is 0 Å². The molecule has 100 valence electrons. The van der Waals surface area contributed by atoms with Crippen molar-refractivity contribution in [1.82, 2.24) is 0 Å². The standard InChI is InChI=1S/C13H17F2NO2/c1-17-9-5-10(14)13(11(15)6-9)12(16)7-8-3-2-4-18-8/h5-6,8,12H,2-4,7,16H2,1H3. The van der Waals surface area contributed by atoms with E-state index in [1.165, 1.54) is 7.11 Å². The minimum atomic E-state index is -0.695. The highest BCUT2D eigenvalue weighted by atomic mass is 19.1. The summed E-state index contributed by atoms with van der Waals surface area (Å²) in [6.45, 7) is 0.699. The SMILES string of the molecule is COc1cc(F)c(C(N)CC2CCCO2)c(F)c1. The second-order valence-electron chi connectivity index (χ2n) is 4.48. The molecule has 0 spiro atoms. The van der Waals surface area contributed by atoms with Gasteiger partial charge in [-0.05, 0) is 19.3 Å². The fraction of sp³-hybridized carbons (Fsp3) is 0.538. The largest absolute Gasteiger partial charge is 0.497 e. The normalized spacial score (nSPS) is 21.0. The van der Waals surface area contributed by atoms with E-state index >= 15 is 0 Å². The summed E-state index contributed by atoms with van der Waals surface area (Å²) in [4.78, 5) is 0. The highest BCUT2D eigenvalue weighted by molar-refractivity contribution is 5.32. The van der Waals surface area contributed by atoms with Gasteiger partial charge in [0, 0.05) is 30.3 Å². The van der Waals surface area contributed by atoms with Gasteiger partial charge in [-0.3, -0.25) is 0 Å². The molecule has 0 aromatic heterocycles. The summed E-state index contributed by atoms with van der Waals surface area (Å²) in [5.41, 5.74) is 5.78. The molecule has 0 radical (unpaired) electrons. The third-order valence-corrected chi connectivity index (χ3v) is 3.20. The third-order valence-electron chi connectivity index (χ3n) is 3.20. The molecule has 1 aromatic carbocycles. The first-order valence-electron chi connectivity index (χ1n) is 6.02. The van der Waals surface area contributed by atoms with E-state index in [1.807, 2.05) is 0 Å². The van der Waals surface area contributed by atoms with Crippen molar-refractivity contribution in [2.75, 3.05) is 13.7 Å². The quantitative estimate of drug-likeness (QED) is 0.901. The van der Waals surface area contributed by atoms with Gasteiger partial charge in [-0.25, -0.2) is 8.78 Å². The molecule has 0 aliphatic carbocycles. The Labute approximate surface area is 105 Å². The molecule has 1 saturated heterocycles. The maximum atomic E-state index is 13.8. The summed E-state index contributed by atoms with van der Waals surface area (Å²) >= 11 is 0. The molecule has 2 N–H and O–H groups in total. The highest BCUT2D eigenvalue weighted by Crippen LogP contribution is 2.29. The summed E-state index contributed by atoms with van der Waals surface area (Å²) in [6, 6.07) is 1.60. The molecular weight excluding hydrogens is 240 g/mol. The van der Waals surface area contributed by atoms with Crippen LogP contribution in [0.4, 0.5) is 8.78 Å². The number of halogens is 2. The van der Waals surface area contributed by atoms with E-state index in [1.54, 1.807) is 0 Å². The monoisotopic (exact) mass is 257 g/mol. The molecule has 2 unspecified atom stereocenters. The summed E-state index contributed by atoms with van der Waals surface area (Å²) in [7, 11) is 1.36. The van der Waals surface area contributed by atoms with Crippen LogP contribution in [0.25, 0.3) is 0 Å². The highest BCUT2D eigenvalue weighted by Gasteiger charge is 2.24. The molecule has 5 heteroatoms. The van der Waals surface area contributed by atoms with Crippen LogP contribution in [0.1, 0.15) is 30.9 Å². The van der Waals surface area contributed by atoms with Gasteiger partial charge in [0.2, 0.25) is 0 Å². The summed E-state index contributed by atoms with van der Waals surface area (Å²) in [5.74, 6) is -1.19. The first-order valence-corrected chi connectivity index (χ1v) is 6.02. The third kappa shape index (κ3) is 2.79. The maximum absolute atomic E-state index is 13.8. The lowest BCUT2D eigenvalue weighted by Crippen LogP contribution is -2.20. The van der Waals surface area contributed by atoms with Gasteiger partial charge in [0.1, 0.15) is 17.4 Å². The molecule has 1 aromatic rings. The van der Waals surface area contributed by atoms with Gasteiger partial charge in [-0.15, -0.1) is 0 Å². The Hall–Kier alpha value is -1.20. The first-order chi connectivity index (χ1) is 8.61. The number of methoxy groups -OCH3 is 1. The zero-order chi connectivity index (χ0) is 13.1. The molecular formula is C13H17F2NO2. The fourth-order valence-electron chi connectivity index (χ4n) is 2.26. The Morgan fingerprint density at radius 3 is 2.61 bits per heavy atom.